The van der Waals surface area contributed by atoms with Gasteiger partial charge < -0.3 is 5.73 Å². The summed E-state index contributed by atoms with van der Waals surface area (Å²) in [6, 6.07) is 15.2. The summed E-state index contributed by atoms with van der Waals surface area (Å²) in [5.41, 5.74) is 9.20. The maximum atomic E-state index is 11.3. The number of anilines is 1. The summed E-state index contributed by atoms with van der Waals surface area (Å²) in [6.07, 6.45) is 0. The van der Waals surface area contributed by atoms with Crippen molar-refractivity contribution in [2.75, 3.05) is 5.73 Å². The zero-order valence-electron chi connectivity index (χ0n) is 9.10. The topological polar surface area (TPSA) is 43.1 Å². The highest BCUT2D eigenvalue weighted by Crippen LogP contribution is 2.21. The minimum atomic E-state index is 0.0808. The van der Waals surface area contributed by atoms with Crippen LogP contribution in [-0.2, 0) is 0 Å². The molecule has 0 aliphatic rings. The third kappa shape index (κ3) is 2.11. The molecule has 0 aliphatic heterocycles. The lowest BCUT2D eigenvalue weighted by Crippen LogP contribution is -1.91. The van der Waals surface area contributed by atoms with E-state index in [1.807, 2.05) is 48.5 Å². The highest BCUT2D eigenvalue weighted by molar-refractivity contribution is 5.95. The van der Waals surface area contributed by atoms with Crippen molar-refractivity contribution in [3.05, 3.63) is 54.1 Å². The molecule has 0 aliphatic carbocycles. The molecule has 0 atom stereocenters. The molecule has 0 fully saturated rings. The van der Waals surface area contributed by atoms with Crippen LogP contribution >= 0.6 is 0 Å². The van der Waals surface area contributed by atoms with E-state index >= 15 is 0 Å². The van der Waals surface area contributed by atoms with E-state index in [2.05, 4.69) is 0 Å². The molecule has 0 spiro atoms. The predicted octanol–water partition coefficient (Wildman–Crippen LogP) is 3.14. The Morgan fingerprint density at radius 3 is 2.31 bits per heavy atom. The lowest BCUT2D eigenvalue weighted by Gasteiger charge is -2.03. The predicted molar refractivity (Wildman–Crippen MR) is 66.3 cm³/mol. The number of carbonyl (C=O) groups excluding carboxylic acids is 1. The van der Waals surface area contributed by atoms with Crippen LogP contribution in [0.3, 0.4) is 0 Å². The number of ketones is 1. The van der Waals surface area contributed by atoms with Gasteiger partial charge >= 0.3 is 0 Å². The van der Waals surface area contributed by atoms with E-state index in [0.717, 1.165) is 22.4 Å². The van der Waals surface area contributed by atoms with Crippen LogP contribution in [0.2, 0.25) is 0 Å². The van der Waals surface area contributed by atoms with Crippen LogP contribution in [0.1, 0.15) is 17.3 Å². The summed E-state index contributed by atoms with van der Waals surface area (Å²) < 4.78 is 0. The minimum Gasteiger partial charge on any atom is -0.399 e. The molecule has 2 nitrogen and oxygen atoms in total. The third-order valence-corrected chi connectivity index (χ3v) is 2.51. The number of Topliss-reactive ketones (excluding diaryl/α,β-unsaturated/α-hetero) is 1. The van der Waals surface area contributed by atoms with Crippen LogP contribution in [-0.4, -0.2) is 5.78 Å². The van der Waals surface area contributed by atoms with Crippen LogP contribution < -0.4 is 5.73 Å². The van der Waals surface area contributed by atoms with Gasteiger partial charge in [-0.05, 0) is 36.2 Å². The van der Waals surface area contributed by atoms with Gasteiger partial charge in [0.05, 0.1) is 0 Å². The first-order valence-electron chi connectivity index (χ1n) is 5.14. The van der Waals surface area contributed by atoms with Crippen LogP contribution in [0.15, 0.2) is 48.5 Å². The largest absolute Gasteiger partial charge is 0.399 e. The van der Waals surface area contributed by atoms with Crippen molar-refractivity contribution in [3.8, 4) is 11.1 Å². The first-order chi connectivity index (χ1) is 7.66. The number of rotatable bonds is 2. The molecule has 16 heavy (non-hydrogen) atoms. The monoisotopic (exact) mass is 211 g/mol. The molecular formula is C14H13NO. The van der Waals surface area contributed by atoms with Crippen LogP contribution in [0.25, 0.3) is 11.1 Å². The maximum Gasteiger partial charge on any atom is 0.159 e. The highest BCUT2D eigenvalue weighted by atomic mass is 16.1. The number of hydrogen-bond donors (Lipinski definition) is 1. The van der Waals surface area contributed by atoms with E-state index in [1.54, 1.807) is 6.92 Å². The molecule has 2 aromatic carbocycles. The molecule has 2 heteroatoms. The second-order valence-corrected chi connectivity index (χ2v) is 3.76. The first kappa shape index (κ1) is 10.4. The van der Waals surface area contributed by atoms with Crippen molar-refractivity contribution in [1.29, 1.82) is 0 Å². The molecule has 80 valence electrons. The lowest BCUT2D eigenvalue weighted by atomic mass is 10.0. The van der Waals surface area contributed by atoms with Crippen LogP contribution in [0.4, 0.5) is 5.69 Å². The fourth-order valence-corrected chi connectivity index (χ4v) is 1.59. The van der Waals surface area contributed by atoms with Crippen molar-refractivity contribution in [2.24, 2.45) is 0 Å². The van der Waals surface area contributed by atoms with E-state index in [0.29, 0.717) is 0 Å². The second-order valence-electron chi connectivity index (χ2n) is 3.76. The Kier molecular flexibility index (Phi) is 2.73. The fourth-order valence-electron chi connectivity index (χ4n) is 1.59. The van der Waals surface area contributed by atoms with E-state index in [-0.39, 0.29) is 5.78 Å². The smallest absolute Gasteiger partial charge is 0.159 e. The van der Waals surface area contributed by atoms with Gasteiger partial charge in [-0.25, -0.2) is 0 Å². The molecule has 0 bridgehead atoms. The molecule has 2 N–H and O–H groups in total. The number of nitrogen functional groups attached to an aromatic ring is 1. The van der Waals surface area contributed by atoms with Gasteiger partial charge in [-0.15, -0.1) is 0 Å². The molecule has 2 aromatic rings. The SMILES string of the molecule is CC(=O)c1cccc(-c2ccc(N)cc2)c1. The van der Waals surface area contributed by atoms with Crippen molar-refractivity contribution in [2.45, 2.75) is 6.92 Å². The molecule has 0 aromatic heterocycles. The summed E-state index contributed by atoms with van der Waals surface area (Å²) in [7, 11) is 0. The van der Waals surface area contributed by atoms with E-state index in [1.165, 1.54) is 0 Å². The van der Waals surface area contributed by atoms with Crippen molar-refractivity contribution in [3.63, 3.8) is 0 Å². The molecule has 0 saturated carbocycles. The molecule has 0 radical (unpaired) electrons. The van der Waals surface area contributed by atoms with Crippen LogP contribution in [0.5, 0.6) is 0 Å². The number of hydrogen-bond acceptors (Lipinski definition) is 2. The Hall–Kier alpha value is -2.09. The standard InChI is InChI=1S/C14H13NO/c1-10(16)12-3-2-4-13(9-12)11-5-7-14(15)8-6-11/h2-9H,15H2,1H3. The van der Waals surface area contributed by atoms with Gasteiger partial charge in [-0.3, -0.25) is 4.79 Å². The minimum absolute atomic E-state index is 0.0808. The van der Waals surface area contributed by atoms with Gasteiger partial charge in [-0.1, -0.05) is 30.3 Å². The van der Waals surface area contributed by atoms with Gasteiger partial charge in [0.25, 0.3) is 0 Å². The molecule has 2 rings (SSSR count). The Balaban J connectivity index is 2.44. The third-order valence-electron chi connectivity index (χ3n) is 2.51. The average molecular weight is 211 g/mol. The summed E-state index contributed by atoms with van der Waals surface area (Å²) >= 11 is 0. The van der Waals surface area contributed by atoms with E-state index < -0.39 is 0 Å². The summed E-state index contributed by atoms with van der Waals surface area (Å²) in [5.74, 6) is 0.0808. The van der Waals surface area contributed by atoms with Crippen molar-refractivity contribution in [1.82, 2.24) is 0 Å². The zero-order valence-corrected chi connectivity index (χ0v) is 9.10. The Morgan fingerprint density at radius 2 is 1.69 bits per heavy atom. The van der Waals surface area contributed by atoms with Gasteiger partial charge in [-0.2, -0.15) is 0 Å². The molecule has 0 amide bonds. The summed E-state index contributed by atoms with van der Waals surface area (Å²) in [6.45, 7) is 1.57. The lowest BCUT2D eigenvalue weighted by molar-refractivity contribution is 0.101. The number of benzene rings is 2. The first-order valence-corrected chi connectivity index (χ1v) is 5.14. The normalized spacial score (nSPS) is 10.1. The van der Waals surface area contributed by atoms with E-state index in [4.69, 9.17) is 5.73 Å². The Morgan fingerprint density at radius 1 is 1.00 bits per heavy atom. The van der Waals surface area contributed by atoms with Crippen molar-refractivity contribution < 1.29 is 4.79 Å². The molecule has 0 saturated heterocycles. The molecule has 0 heterocycles. The number of nitrogens with two attached hydrogens (primary N) is 1. The quantitative estimate of drug-likeness (QED) is 0.612. The molecule has 0 unspecified atom stereocenters. The summed E-state index contributed by atoms with van der Waals surface area (Å²) in [5, 5.41) is 0. The fraction of sp³-hybridized carbons (Fsp3) is 0.0714. The average Bonchev–Trinajstić information content (AvgIpc) is 2.30. The van der Waals surface area contributed by atoms with Crippen molar-refractivity contribution >= 4 is 11.5 Å². The Bertz CT molecular complexity index is 515. The maximum absolute atomic E-state index is 11.3. The van der Waals surface area contributed by atoms with Gasteiger partial charge in [0.1, 0.15) is 0 Å². The van der Waals surface area contributed by atoms with Crippen LogP contribution in [0, 0.1) is 0 Å². The van der Waals surface area contributed by atoms with Gasteiger partial charge in [0.2, 0.25) is 0 Å². The second kappa shape index (κ2) is 4.19. The van der Waals surface area contributed by atoms with E-state index in [9.17, 15) is 4.79 Å². The highest BCUT2D eigenvalue weighted by Gasteiger charge is 2.02. The van der Waals surface area contributed by atoms with Gasteiger partial charge in [0, 0.05) is 11.3 Å². The summed E-state index contributed by atoms with van der Waals surface area (Å²) in [4.78, 5) is 11.3. The molecular weight excluding hydrogens is 198 g/mol. The Labute approximate surface area is 94.7 Å². The van der Waals surface area contributed by atoms with Gasteiger partial charge in [0.15, 0.2) is 5.78 Å². The number of carbonyl (C=O) groups is 1. The zero-order chi connectivity index (χ0) is 11.5.